The normalized spacial score (nSPS) is 11.4. The van der Waals surface area contributed by atoms with Crippen molar-refractivity contribution in [3.8, 4) is 5.75 Å². The highest BCUT2D eigenvalue weighted by Crippen LogP contribution is 2.28. The third-order valence-corrected chi connectivity index (χ3v) is 4.31. The lowest BCUT2D eigenvalue weighted by Gasteiger charge is -2.16. The highest BCUT2D eigenvalue weighted by Gasteiger charge is 2.20. The van der Waals surface area contributed by atoms with E-state index in [2.05, 4.69) is 5.32 Å². The van der Waals surface area contributed by atoms with Gasteiger partial charge < -0.3 is 14.8 Å². The summed E-state index contributed by atoms with van der Waals surface area (Å²) in [6.45, 7) is 1.15. The summed E-state index contributed by atoms with van der Waals surface area (Å²) in [6, 6.07) is 8.03. The Bertz CT molecular complexity index is 919. The zero-order valence-electron chi connectivity index (χ0n) is 14.9. The summed E-state index contributed by atoms with van der Waals surface area (Å²) in [6.07, 6.45) is 0. The van der Waals surface area contributed by atoms with E-state index in [1.165, 1.54) is 19.2 Å². The molecule has 1 amide bonds. The standard InChI is InChI=1S/C18H16Cl2N2O6/c1-10(13-5-4-12(19)8-14(13)20)21-17(23)9-28-18(24)11-3-6-16(27-2)15(7-11)22(25)26/h3-8,10H,9H2,1-2H3,(H,21,23)/t10-/m0/s1. The molecule has 0 heterocycles. The number of benzene rings is 2. The predicted molar refractivity (Wildman–Crippen MR) is 103 cm³/mol. The van der Waals surface area contributed by atoms with E-state index in [1.807, 2.05) is 0 Å². The molecule has 10 heteroatoms. The van der Waals surface area contributed by atoms with Gasteiger partial charge in [-0.3, -0.25) is 14.9 Å². The lowest BCUT2D eigenvalue weighted by molar-refractivity contribution is -0.385. The number of hydrogen-bond acceptors (Lipinski definition) is 6. The van der Waals surface area contributed by atoms with Crippen molar-refractivity contribution in [3.05, 3.63) is 67.7 Å². The maximum atomic E-state index is 12.1. The summed E-state index contributed by atoms with van der Waals surface area (Å²) in [5.41, 5.74) is 0.193. The van der Waals surface area contributed by atoms with Gasteiger partial charge in [0.1, 0.15) is 0 Å². The number of ether oxygens (including phenoxy) is 2. The number of rotatable bonds is 7. The SMILES string of the molecule is COc1ccc(C(=O)OCC(=O)N[C@@H](C)c2ccc(Cl)cc2Cl)cc1[N+](=O)[O-]. The Hall–Kier alpha value is -2.84. The molecule has 1 atom stereocenters. The van der Waals surface area contributed by atoms with Gasteiger partial charge in [-0.25, -0.2) is 4.79 Å². The average Bonchev–Trinajstić information content (AvgIpc) is 2.65. The van der Waals surface area contributed by atoms with Crippen LogP contribution < -0.4 is 10.1 Å². The van der Waals surface area contributed by atoms with Crippen molar-refractivity contribution in [2.75, 3.05) is 13.7 Å². The van der Waals surface area contributed by atoms with Crippen molar-refractivity contribution in [1.82, 2.24) is 5.32 Å². The van der Waals surface area contributed by atoms with Crippen molar-refractivity contribution in [2.24, 2.45) is 0 Å². The molecule has 8 nitrogen and oxygen atoms in total. The third kappa shape index (κ3) is 5.34. The zero-order chi connectivity index (χ0) is 20.8. The number of amides is 1. The number of esters is 1. The molecule has 0 aliphatic heterocycles. The van der Waals surface area contributed by atoms with Crippen LogP contribution in [0, 0.1) is 10.1 Å². The first kappa shape index (κ1) is 21.5. The van der Waals surface area contributed by atoms with Crippen LogP contribution in [0.5, 0.6) is 5.75 Å². The monoisotopic (exact) mass is 426 g/mol. The van der Waals surface area contributed by atoms with Crippen molar-refractivity contribution in [2.45, 2.75) is 13.0 Å². The maximum absolute atomic E-state index is 12.1. The van der Waals surface area contributed by atoms with E-state index in [0.717, 1.165) is 6.07 Å². The van der Waals surface area contributed by atoms with Gasteiger partial charge in [0.25, 0.3) is 5.91 Å². The fraction of sp³-hybridized carbons (Fsp3) is 0.222. The number of nitro groups is 1. The Balaban J connectivity index is 1.98. The highest BCUT2D eigenvalue weighted by atomic mass is 35.5. The largest absolute Gasteiger partial charge is 0.490 e. The molecule has 2 aromatic rings. The van der Waals surface area contributed by atoms with Gasteiger partial charge in [-0.15, -0.1) is 0 Å². The molecule has 148 valence electrons. The number of hydrogen-bond donors (Lipinski definition) is 1. The van der Waals surface area contributed by atoms with Crippen LogP contribution in [-0.2, 0) is 9.53 Å². The van der Waals surface area contributed by atoms with Crippen LogP contribution in [0.15, 0.2) is 36.4 Å². The number of nitrogens with one attached hydrogen (secondary N) is 1. The third-order valence-electron chi connectivity index (χ3n) is 3.75. The first-order valence-electron chi connectivity index (χ1n) is 7.96. The molecule has 0 saturated carbocycles. The van der Waals surface area contributed by atoms with E-state index in [9.17, 15) is 19.7 Å². The molecule has 2 rings (SSSR count). The molecule has 0 bridgehead atoms. The van der Waals surface area contributed by atoms with Crippen LogP contribution in [-0.4, -0.2) is 30.5 Å². The fourth-order valence-corrected chi connectivity index (χ4v) is 2.96. The van der Waals surface area contributed by atoms with Gasteiger partial charge in [-0.05, 0) is 36.8 Å². The minimum absolute atomic E-state index is 0.00737. The minimum atomic E-state index is -0.877. The van der Waals surface area contributed by atoms with Gasteiger partial charge in [-0.1, -0.05) is 29.3 Å². The Morgan fingerprint density at radius 1 is 1.21 bits per heavy atom. The van der Waals surface area contributed by atoms with Crippen LogP contribution >= 0.6 is 23.2 Å². The first-order valence-corrected chi connectivity index (χ1v) is 8.72. The van der Waals surface area contributed by atoms with Gasteiger partial charge in [0, 0.05) is 16.1 Å². The Labute approximate surface area is 170 Å². The second kappa shape index (κ2) is 9.38. The van der Waals surface area contributed by atoms with Gasteiger partial charge in [0.15, 0.2) is 12.4 Å². The van der Waals surface area contributed by atoms with Crippen molar-refractivity contribution in [3.63, 3.8) is 0 Å². The zero-order valence-corrected chi connectivity index (χ0v) is 16.4. The molecule has 0 radical (unpaired) electrons. The molecule has 0 spiro atoms. The number of methoxy groups -OCH3 is 1. The van der Waals surface area contributed by atoms with Gasteiger partial charge in [0.05, 0.1) is 23.6 Å². The van der Waals surface area contributed by atoms with Gasteiger partial charge >= 0.3 is 11.7 Å². The first-order chi connectivity index (χ1) is 13.2. The minimum Gasteiger partial charge on any atom is -0.490 e. The van der Waals surface area contributed by atoms with Gasteiger partial charge in [0.2, 0.25) is 0 Å². The molecule has 0 unspecified atom stereocenters. The summed E-state index contributed by atoms with van der Waals surface area (Å²) < 4.78 is 9.78. The lowest BCUT2D eigenvalue weighted by Crippen LogP contribution is -2.31. The Morgan fingerprint density at radius 3 is 2.54 bits per heavy atom. The maximum Gasteiger partial charge on any atom is 0.338 e. The molecule has 0 aliphatic carbocycles. The number of carbonyl (C=O) groups is 2. The van der Waals surface area contributed by atoms with E-state index < -0.39 is 29.4 Å². The molecule has 0 aromatic heterocycles. The van der Waals surface area contributed by atoms with Crippen molar-refractivity contribution in [1.29, 1.82) is 0 Å². The van der Waals surface area contributed by atoms with Gasteiger partial charge in [-0.2, -0.15) is 0 Å². The molecule has 0 saturated heterocycles. The van der Waals surface area contributed by atoms with E-state index in [1.54, 1.807) is 25.1 Å². The summed E-state index contributed by atoms with van der Waals surface area (Å²) >= 11 is 11.9. The smallest absolute Gasteiger partial charge is 0.338 e. The molecular formula is C18H16Cl2N2O6. The summed E-state index contributed by atoms with van der Waals surface area (Å²) in [7, 11) is 1.28. The Morgan fingerprint density at radius 2 is 1.93 bits per heavy atom. The lowest BCUT2D eigenvalue weighted by atomic mass is 10.1. The topological polar surface area (TPSA) is 108 Å². The molecule has 2 aromatic carbocycles. The number of nitrogens with zero attached hydrogens (tertiary/aromatic N) is 1. The summed E-state index contributed by atoms with van der Waals surface area (Å²) in [5.74, 6) is -1.43. The van der Waals surface area contributed by atoms with E-state index in [4.69, 9.17) is 32.7 Å². The molecular weight excluding hydrogens is 411 g/mol. The average molecular weight is 427 g/mol. The molecule has 1 N–H and O–H groups in total. The summed E-state index contributed by atoms with van der Waals surface area (Å²) in [5, 5.41) is 14.5. The summed E-state index contributed by atoms with van der Waals surface area (Å²) in [4.78, 5) is 34.4. The van der Waals surface area contributed by atoms with E-state index in [0.29, 0.717) is 15.6 Å². The van der Waals surface area contributed by atoms with Crippen LogP contribution in [0.1, 0.15) is 28.9 Å². The van der Waals surface area contributed by atoms with Crippen LogP contribution in [0.3, 0.4) is 0 Å². The molecule has 0 fully saturated rings. The fourth-order valence-electron chi connectivity index (χ4n) is 2.39. The quantitative estimate of drug-likeness (QED) is 0.407. The van der Waals surface area contributed by atoms with Crippen molar-refractivity contribution >= 4 is 40.8 Å². The number of carbonyl (C=O) groups excluding carboxylic acids is 2. The molecule has 28 heavy (non-hydrogen) atoms. The van der Waals surface area contributed by atoms with E-state index >= 15 is 0 Å². The highest BCUT2D eigenvalue weighted by molar-refractivity contribution is 6.35. The second-order valence-corrected chi connectivity index (χ2v) is 6.52. The second-order valence-electron chi connectivity index (χ2n) is 5.67. The van der Waals surface area contributed by atoms with Crippen molar-refractivity contribution < 1.29 is 24.0 Å². The van der Waals surface area contributed by atoms with Crippen LogP contribution in [0.2, 0.25) is 10.0 Å². The van der Waals surface area contributed by atoms with Crippen LogP contribution in [0.25, 0.3) is 0 Å². The van der Waals surface area contributed by atoms with Crippen LogP contribution in [0.4, 0.5) is 5.69 Å². The number of halogens is 2. The predicted octanol–water partition coefficient (Wildman–Crippen LogP) is 3.94. The number of nitro benzene ring substituents is 1. The van der Waals surface area contributed by atoms with E-state index in [-0.39, 0.29) is 17.0 Å². The Kier molecular flexibility index (Phi) is 7.19. The molecule has 0 aliphatic rings.